The summed E-state index contributed by atoms with van der Waals surface area (Å²) in [6.45, 7) is 3.90. The zero-order valence-electron chi connectivity index (χ0n) is 25.2. The van der Waals surface area contributed by atoms with Crippen LogP contribution in [0.5, 0.6) is 0 Å². The number of aryl methyl sites for hydroxylation is 2. The third-order valence-electron chi connectivity index (χ3n) is 6.14. The first-order chi connectivity index (χ1) is 21.8. The highest BCUT2D eigenvalue weighted by atomic mass is 32.3. The van der Waals surface area contributed by atoms with Crippen molar-refractivity contribution in [2.24, 2.45) is 34.6 Å². The molecular formula is C26H32N8O8S4. The number of nitrogens with zero attached hydrogens (tertiary/aromatic N) is 8. The van der Waals surface area contributed by atoms with Crippen LogP contribution in [-0.4, -0.2) is 66.3 Å². The fourth-order valence-corrected chi connectivity index (χ4v) is 5.09. The molecule has 4 aromatic rings. The van der Waals surface area contributed by atoms with Crippen LogP contribution in [0.25, 0.3) is 0 Å². The van der Waals surface area contributed by atoms with E-state index in [1.165, 1.54) is 11.4 Å². The lowest BCUT2D eigenvalue weighted by Crippen LogP contribution is -2.46. The number of azo groups is 2. The van der Waals surface area contributed by atoms with Crippen molar-refractivity contribution in [1.82, 2.24) is 0 Å². The summed E-state index contributed by atoms with van der Waals surface area (Å²) in [5, 5.41) is 23.1. The quantitative estimate of drug-likeness (QED) is 0.112. The molecule has 5 rings (SSSR count). The molecule has 0 radical (unpaired) electrons. The van der Waals surface area contributed by atoms with E-state index in [9.17, 15) is 25.9 Å². The number of aromatic nitrogens is 2. The van der Waals surface area contributed by atoms with Gasteiger partial charge in [0.25, 0.3) is 0 Å². The van der Waals surface area contributed by atoms with E-state index < -0.39 is 20.8 Å². The van der Waals surface area contributed by atoms with E-state index in [-0.39, 0.29) is 0 Å². The summed E-state index contributed by atoms with van der Waals surface area (Å²) in [6, 6.07) is 16.6. The van der Waals surface area contributed by atoms with E-state index in [4.69, 9.17) is 0 Å². The van der Waals surface area contributed by atoms with Gasteiger partial charge in [0.05, 0.1) is 38.5 Å². The minimum absolute atomic E-state index is 0.808. The van der Waals surface area contributed by atoms with Gasteiger partial charge in [0.15, 0.2) is 0 Å². The van der Waals surface area contributed by atoms with E-state index in [0.29, 0.717) is 0 Å². The molecule has 0 amide bonds. The molecular weight excluding hydrogens is 681 g/mol. The third-order valence-corrected chi connectivity index (χ3v) is 8.63. The molecule has 1 fully saturated rings. The number of hydrogen-bond donors (Lipinski definition) is 0. The predicted octanol–water partition coefficient (Wildman–Crippen LogP) is 3.80. The zero-order chi connectivity index (χ0) is 33.7. The molecule has 0 atom stereocenters. The van der Waals surface area contributed by atoms with Crippen molar-refractivity contribution in [3.63, 3.8) is 0 Å². The second-order valence-corrected chi connectivity index (χ2v) is 13.2. The highest BCUT2D eigenvalue weighted by molar-refractivity contribution is 7.81. The summed E-state index contributed by atoms with van der Waals surface area (Å²) in [5.41, 5.74) is 4.16. The van der Waals surface area contributed by atoms with Gasteiger partial charge in [-0.3, -0.25) is 8.37 Å². The summed E-state index contributed by atoms with van der Waals surface area (Å²) in [6.07, 6.45) is 3.96. The van der Waals surface area contributed by atoms with Gasteiger partial charge in [-0.05, 0) is 81.4 Å². The maximum absolute atomic E-state index is 9.22. The first-order valence-corrected chi connectivity index (χ1v) is 17.6. The van der Waals surface area contributed by atoms with Crippen LogP contribution in [0.2, 0.25) is 0 Å². The molecule has 0 bridgehead atoms. The van der Waals surface area contributed by atoms with E-state index >= 15 is 0 Å². The first kappa shape index (κ1) is 36.7. The van der Waals surface area contributed by atoms with E-state index in [2.05, 4.69) is 62.9 Å². The highest BCUT2D eigenvalue weighted by Gasteiger charge is 2.18. The highest BCUT2D eigenvalue weighted by Crippen LogP contribution is 2.26. The molecule has 1 saturated heterocycles. The molecule has 0 N–H and O–H groups in total. The monoisotopic (exact) mass is 712 g/mol. The standard InChI is InChI=1S/C24H26N8S2.2CH4O4S/c1-29-15-17-33-23(29)27-25-19-3-7-21(8-4-19)31-11-13-32(14-12-31)22-9-5-20(6-10-22)26-28-24-30(2)16-18-34-24;2*1-5-6(2,3)4/h3-10,15-18H,11-14H2,1-2H3;2*1H3,(H,2,3,4)/q+2;;/p-2. The van der Waals surface area contributed by atoms with Crippen LogP contribution < -0.4 is 18.9 Å². The SMILES string of the molecule is COS(=O)(=O)[O-].COS(=O)(=O)[O-].C[n+]1ccsc1N=Nc1ccc(N2CCN(c3ccc(N=Nc4scc[n+]4C)cc3)CC2)cc1. The van der Waals surface area contributed by atoms with E-state index in [1.807, 2.05) is 70.6 Å². The Hall–Kier alpha value is -3.76. The van der Waals surface area contributed by atoms with Crippen LogP contribution in [0.1, 0.15) is 0 Å². The summed E-state index contributed by atoms with van der Waals surface area (Å²) in [4.78, 5) is 4.83. The molecule has 248 valence electrons. The average molecular weight is 713 g/mol. The number of benzene rings is 2. The summed E-state index contributed by atoms with van der Waals surface area (Å²) < 4.78 is 66.0. The molecule has 0 aliphatic carbocycles. The van der Waals surface area contributed by atoms with Crippen molar-refractivity contribution in [1.29, 1.82) is 0 Å². The summed E-state index contributed by atoms with van der Waals surface area (Å²) in [5.74, 6) is 0. The second kappa shape index (κ2) is 17.2. The maximum atomic E-state index is 9.22. The molecule has 16 nitrogen and oxygen atoms in total. The molecule has 0 unspecified atom stereocenters. The molecule has 0 saturated carbocycles. The van der Waals surface area contributed by atoms with Gasteiger partial charge in [-0.2, -0.15) is 0 Å². The van der Waals surface area contributed by atoms with Crippen molar-refractivity contribution >= 4 is 76.5 Å². The lowest BCUT2D eigenvalue weighted by Gasteiger charge is -2.37. The Labute approximate surface area is 275 Å². The molecule has 46 heavy (non-hydrogen) atoms. The molecule has 20 heteroatoms. The zero-order valence-corrected chi connectivity index (χ0v) is 28.5. The van der Waals surface area contributed by atoms with E-state index in [0.717, 1.165) is 62.0 Å². The van der Waals surface area contributed by atoms with Crippen LogP contribution >= 0.6 is 22.7 Å². The van der Waals surface area contributed by atoms with Gasteiger partial charge in [0, 0.05) is 48.3 Å². The Kier molecular flexibility index (Phi) is 13.8. The van der Waals surface area contributed by atoms with Crippen LogP contribution in [0.15, 0.2) is 92.1 Å². The van der Waals surface area contributed by atoms with Crippen LogP contribution in [-0.2, 0) is 43.3 Å². The smallest absolute Gasteiger partial charge is 0.408 e. The summed E-state index contributed by atoms with van der Waals surface area (Å²) in [7, 11) is -3.26. The summed E-state index contributed by atoms with van der Waals surface area (Å²) >= 11 is 3.15. The normalized spacial score (nSPS) is 13.8. The Balaban J connectivity index is 0.000000410. The maximum Gasteiger partial charge on any atom is 0.408 e. The van der Waals surface area contributed by atoms with Gasteiger partial charge in [0.2, 0.25) is 20.8 Å². The van der Waals surface area contributed by atoms with Gasteiger partial charge >= 0.3 is 10.3 Å². The molecule has 1 aliphatic rings. The van der Waals surface area contributed by atoms with Gasteiger partial charge in [0.1, 0.15) is 23.8 Å². The van der Waals surface area contributed by atoms with Crippen molar-refractivity contribution in [2.75, 3.05) is 50.2 Å². The third kappa shape index (κ3) is 12.6. The molecule has 0 spiro atoms. The lowest BCUT2D eigenvalue weighted by molar-refractivity contribution is -0.654. The molecule has 3 heterocycles. The first-order valence-electron chi connectivity index (χ1n) is 13.2. The van der Waals surface area contributed by atoms with Crippen LogP contribution in [0.3, 0.4) is 0 Å². The number of piperazine rings is 1. The topological polar surface area (TPSA) is 197 Å². The number of rotatable bonds is 8. The Bertz CT molecular complexity index is 1670. The Morgan fingerprint density at radius 1 is 0.630 bits per heavy atom. The Morgan fingerprint density at radius 2 is 0.935 bits per heavy atom. The second-order valence-electron chi connectivity index (χ2n) is 9.15. The Morgan fingerprint density at radius 3 is 1.17 bits per heavy atom. The average Bonchev–Trinajstić information content (AvgIpc) is 3.66. The van der Waals surface area contributed by atoms with Crippen molar-refractivity contribution in [2.45, 2.75) is 0 Å². The lowest BCUT2D eigenvalue weighted by atomic mass is 10.2. The van der Waals surface area contributed by atoms with Gasteiger partial charge in [-0.15, -0.1) is 0 Å². The molecule has 2 aromatic carbocycles. The van der Waals surface area contributed by atoms with Crippen LogP contribution in [0.4, 0.5) is 33.0 Å². The number of thiazole rings is 2. The molecule has 2 aromatic heterocycles. The predicted molar refractivity (Wildman–Crippen MR) is 170 cm³/mol. The van der Waals surface area contributed by atoms with Gasteiger partial charge in [-0.25, -0.2) is 26.0 Å². The number of anilines is 2. The van der Waals surface area contributed by atoms with E-state index in [1.54, 1.807) is 22.7 Å². The van der Waals surface area contributed by atoms with Gasteiger partial charge in [-0.1, -0.05) is 0 Å². The van der Waals surface area contributed by atoms with Crippen molar-refractivity contribution < 1.29 is 43.4 Å². The van der Waals surface area contributed by atoms with Gasteiger partial charge < -0.3 is 18.9 Å². The minimum atomic E-state index is -4.41. The fraction of sp³-hybridized carbons (Fsp3) is 0.308. The van der Waals surface area contributed by atoms with Crippen molar-refractivity contribution in [3.8, 4) is 0 Å². The van der Waals surface area contributed by atoms with Crippen molar-refractivity contribution in [3.05, 3.63) is 71.7 Å². The fourth-order valence-electron chi connectivity index (χ4n) is 3.73. The largest absolute Gasteiger partial charge is 0.726 e. The minimum Gasteiger partial charge on any atom is -0.726 e. The molecule has 1 aliphatic heterocycles. The number of hydrogen-bond acceptors (Lipinski definition) is 16. The van der Waals surface area contributed by atoms with Crippen LogP contribution in [0, 0.1) is 0 Å².